The standard InChI is InChI=1S/C10H6Cl3NO3/c11-10(12,13)9(15)6-3-7-1-4-8(5-2-7)14(16)17/h1-6H/b6-3+. The molecule has 0 saturated carbocycles. The van der Waals surface area contributed by atoms with Crippen molar-refractivity contribution in [2.75, 3.05) is 0 Å². The summed E-state index contributed by atoms with van der Waals surface area (Å²) in [5.41, 5.74) is 0.563. The summed E-state index contributed by atoms with van der Waals surface area (Å²) in [6.07, 6.45) is 2.52. The predicted octanol–water partition coefficient (Wildman–Crippen LogP) is 3.55. The fraction of sp³-hybridized carbons (Fsp3) is 0.100. The quantitative estimate of drug-likeness (QED) is 0.371. The number of nitro benzene ring substituents is 1. The molecule has 0 N–H and O–H groups in total. The Morgan fingerprint density at radius 1 is 1.24 bits per heavy atom. The minimum Gasteiger partial charge on any atom is -0.290 e. The van der Waals surface area contributed by atoms with E-state index in [9.17, 15) is 14.9 Å². The predicted molar refractivity (Wildman–Crippen MR) is 67.4 cm³/mol. The summed E-state index contributed by atoms with van der Waals surface area (Å²) in [7, 11) is 0. The Hall–Kier alpha value is -1.10. The normalized spacial score (nSPS) is 11.7. The van der Waals surface area contributed by atoms with Crippen LogP contribution in [0, 0.1) is 10.1 Å². The zero-order valence-electron chi connectivity index (χ0n) is 8.27. The third kappa shape index (κ3) is 4.34. The van der Waals surface area contributed by atoms with Gasteiger partial charge in [0.05, 0.1) is 4.92 Å². The van der Waals surface area contributed by atoms with Crippen molar-refractivity contribution < 1.29 is 9.72 Å². The highest BCUT2D eigenvalue weighted by molar-refractivity contribution is 6.77. The van der Waals surface area contributed by atoms with Gasteiger partial charge in [0.1, 0.15) is 0 Å². The van der Waals surface area contributed by atoms with Gasteiger partial charge >= 0.3 is 0 Å². The van der Waals surface area contributed by atoms with Gasteiger partial charge in [-0.05, 0) is 23.8 Å². The number of rotatable bonds is 3. The summed E-state index contributed by atoms with van der Waals surface area (Å²) >= 11 is 16.1. The van der Waals surface area contributed by atoms with Gasteiger partial charge in [-0.15, -0.1) is 0 Å². The highest BCUT2D eigenvalue weighted by Gasteiger charge is 2.27. The van der Waals surface area contributed by atoms with Crippen LogP contribution in [0.1, 0.15) is 5.56 Å². The number of benzene rings is 1. The average molecular weight is 295 g/mol. The lowest BCUT2D eigenvalue weighted by molar-refractivity contribution is -0.384. The monoisotopic (exact) mass is 293 g/mol. The summed E-state index contributed by atoms with van der Waals surface area (Å²) in [6, 6.07) is 5.61. The van der Waals surface area contributed by atoms with E-state index >= 15 is 0 Å². The first-order chi connectivity index (χ1) is 7.80. The number of carbonyl (C=O) groups is 1. The molecule has 0 aliphatic heterocycles. The fourth-order valence-electron chi connectivity index (χ4n) is 0.974. The Morgan fingerprint density at radius 3 is 2.18 bits per heavy atom. The van der Waals surface area contributed by atoms with E-state index in [1.54, 1.807) is 0 Å². The SMILES string of the molecule is O=C(/C=C/c1ccc([N+](=O)[O-])cc1)C(Cl)(Cl)Cl. The van der Waals surface area contributed by atoms with Crippen LogP contribution in [0.25, 0.3) is 6.08 Å². The first-order valence-corrected chi connectivity index (χ1v) is 5.48. The van der Waals surface area contributed by atoms with E-state index in [0.717, 1.165) is 6.08 Å². The summed E-state index contributed by atoms with van der Waals surface area (Å²) in [4.78, 5) is 21.1. The van der Waals surface area contributed by atoms with E-state index in [0.29, 0.717) is 5.56 Å². The first kappa shape index (κ1) is 14.0. The summed E-state index contributed by atoms with van der Waals surface area (Å²) < 4.78 is -1.99. The Kier molecular flexibility index (Phi) is 4.51. The number of ketones is 1. The second kappa shape index (κ2) is 5.49. The van der Waals surface area contributed by atoms with Crippen molar-refractivity contribution in [3.8, 4) is 0 Å². The van der Waals surface area contributed by atoms with Gasteiger partial charge < -0.3 is 0 Å². The molecule has 1 rings (SSSR count). The number of hydrogen-bond acceptors (Lipinski definition) is 3. The van der Waals surface area contributed by atoms with E-state index in [1.807, 2.05) is 0 Å². The van der Waals surface area contributed by atoms with Crippen LogP contribution in [0.15, 0.2) is 30.3 Å². The lowest BCUT2D eigenvalue weighted by Gasteiger charge is -2.04. The van der Waals surface area contributed by atoms with E-state index in [-0.39, 0.29) is 5.69 Å². The van der Waals surface area contributed by atoms with Crippen LogP contribution < -0.4 is 0 Å². The Morgan fingerprint density at radius 2 is 1.76 bits per heavy atom. The van der Waals surface area contributed by atoms with Crippen LogP contribution in [0.3, 0.4) is 0 Å². The molecular weight excluding hydrogens is 288 g/mol. The molecule has 0 aromatic heterocycles. The maximum Gasteiger partial charge on any atom is 0.269 e. The number of nitrogens with zero attached hydrogens (tertiary/aromatic N) is 1. The minimum atomic E-state index is -1.99. The van der Waals surface area contributed by atoms with E-state index in [1.165, 1.54) is 30.3 Å². The molecule has 0 radical (unpaired) electrons. The van der Waals surface area contributed by atoms with Gasteiger partial charge in [-0.3, -0.25) is 14.9 Å². The Labute approximate surface area is 112 Å². The van der Waals surface area contributed by atoms with Crippen molar-refractivity contribution in [3.05, 3.63) is 46.0 Å². The van der Waals surface area contributed by atoms with Crippen molar-refractivity contribution in [2.24, 2.45) is 0 Å². The number of hydrogen-bond donors (Lipinski definition) is 0. The molecule has 17 heavy (non-hydrogen) atoms. The maximum atomic E-state index is 11.2. The second-order valence-electron chi connectivity index (χ2n) is 3.04. The minimum absolute atomic E-state index is 0.0325. The highest BCUT2D eigenvalue weighted by atomic mass is 35.6. The summed E-state index contributed by atoms with van der Waals surface area (Å²) in [5, 5.41) is 10.4. The Balaban J connectivity index is 2.80. The molecule has 4 nitrogen and oxygen atoms in total. The number of allylic oxidation sites excluding steroid dienone is 1. The molecular formula is C10H6Cl3NO3. The molecule has 1 aromatic carbocycles. The number of nitro groups is 1. The molecule has 0 aliphatic rings. The third-order valence-electron chi connectivity index (χ3n) is 1.81. The van der Waals surface area contributed by atoms with Crippen LogP contribution in [0.4, 0.5) is 5.69 Å². The molecule has 0 atom stereocenters. The lowest BCUT2D eigenvalue weighted by Crippen LogP contribution is -2.15. The van der Waals surface area contributed by atoms with E-state index < -0.39 is 14.5 Å². The van der Waals surface area contributed by atoms with Gasteiger partial charge in [0.25, 0.3) is 9.48 Å². The second-order valence-corrected chi connectivity index (χ2v) is 5.33. The van der Waals surface area contributed by atoms with Crippen LogP contribution in [0.2, 0.25) is 0 Å². The van der Waals surface area contributed by atoms with Gasteiger partial charge in [0.2, 0.25) is 5.78 Å². The highest BCUT2D eigenvalue weighted by Crippen LogP contribution is 2.27. The number of alkyl halides is 3. The van der Waals surface area contributed by atoms with Crippen LogP contribution >= 0.6 is 34.8 Å². The van der Waals surface area contributed by atoms with Crippen LogP contribution in [-0.2, 0) is 4.79 Å². The van der Waals surface area contributed by atoms with Crippen molar-refractivity contribution in [3.63, 3.8) is 0 Å². The molecule has 0 spiro atoms. The third-order valence-corrected chi connectivity index (χ3v) is 2.37. The average Bonchev–Trinajstić information content (AvgIpc) is 2.25. The molecule has 0 saturated heterocycles. The van der Waals surface area contributed by atoms with Gasteiger partial charge in [0, 0.05) is 12.1 Å². The van der Waals surface area contributed by atoms with Crippen molar-refractivity contribution in [2.45, 2.75) is 3.79 Å². The summed E-state index contributed by atoms with van der Waals surface area (Å²) in [6.45, 7) is 0. The molecule has 1 aromatic rings. The zero-order valence-corrected chi connectivity index (χ0v) is 10.5. The molecule has 0 aliphatic carbocycles. The molecule has 0 unspecified atom stereocenters. The molecule has 0 bridgehead atoms. The fourth-order valence-corrected chi connectivity index (χ4v) is 1.16. The van der Waals surface area contributed by atoms with Gasteiger partial charge in [-0.25, -0.2) is 0 Å². The van der Waals surface area contributed by atoms with Crippen molar-refractivity contribution in [1.82, 2.24) is 0 Å². The van der Waals surface area contributed by atoms with Gasteiger partial charge in [-0.2, -0.15) is 0 Å². The van der Waals surface area contributed by atoms with E-state index in [2.05, 4.69) is 0 Å². The smallest absolute Gasteiger partial charge is 0.269 e. The zero-order chi connectivity index (χ0) is 13.1. The number of non-ortho nitro benzene ring substituents is 1. The molecule has 0 heterocycles. The van der Waals surface area contributed by atoms with Gasteiger partial charge in [0.15, 0.2) is 0 Å². The number of carbonyl (C=O) groups excluding carboxylic acids is 1. The Bertz CT molecular complexity index is 463. The number of halogens is 3. The summed E-state index contributed by atoms with van der Waals surface area (Å²) in [5.74, 6) is -0.680. The van der Waals surface area contributed by atoms with Crippen LogP contribution in [-0.4, -0.2) is 14.5 Å². The first-order valence-electron chi connectivity index (χ1n) is 4.34. The maximum absolute atomic E-state index is 11.2. The van der Waals surface area contributed by atoms with Crippen molar-refractivity contribution >= 4 is 52.3 Å². The van der Waals surface area contributed by atoms with Crippen LogP contribution in [0.5, 0.6) is 0 Å². The molecule has 7 heteroatoms. The topological polar surface area (TPSA) is 60.2 Å². The molecule has 0 fully saturated rings. The van der Waals surface area contributed by atoms with E-state index in [4.69, 9.17) is 34.8 Å². The van der Waals surface area contributed by atoms with Gasteiger partial charge in [-0.1, -0.05) is 40.9 Å². The van der Waals surface area contributed by atoms with Crippen molar-refractivity contribution in [1.29, 1.82) is 0 Å². The molecule has 0 amide bonds. The molecule has 90 valence electrons. The lowest BCUT2D eigenvalue weighted by atomic mass is 10.2. The largest absolute Gasteiger partial charge is 0.290 e.